The summed E-state index contributed by atoms with van der Waals surface area (Å²) in [5, 5.41) is 10.9. The average molecular weight is 289 g/mol. The monoisotopic (exact) mass is 289 g/mol. The molecule has 1 spiro atoms. The van der Waals surface area contributed by atoms with E-state index in [0.29, 0.717) is 11.1 Å². The van der Waals surface area contributed by atoms with E-state index in [2.05, 4.69) is 4.90 Å². The minimum atomic E-state index is -0.354. The molecular formula is C16H23N3O2. The Labute approximate surface area is 125 Å². The van der Waals surface area contributed by atoms with Crippen LogP contribution >= 0.6 is 0 Å². The van der Waals surface area contributed by atoms with Gasteiger partial charge in [-0.2, -0.15) is 0 Å². The Morgan fingerprint density at radius 1 is 1.19 bits per heavy atom. The van der Waals surface area contributed by atoms with Crippen LogP contribution in [0.15, 0.2) is 18.2 Å². The number of rotatable bonds is 3. The van der Waals surface area contributed by atoms with Crippen LogP contribution in [-0.2, 0) is 6.54 Å². The molecule has 1 aliphatic heterocycles. The van der Waals surface area contributed by atoms with Crippen molar-refractivity contribution in [2.45, 2.75) is 45.1 Å². The van der Waals surface area contributed by atoms with Gasteiger partial charge >= 0.3 is 0 Å². The molecule has 3 rings (SSSR count). The fourth-order valence-electron chi connectivity index (χ4n) is 3.89. The maximum Gasteiger partial charge on any atom is 0.269 e. The van der Waals surface area contributed by atoms with Crippen LogP contribution in [0.3, 0.4) is 0 Å². The van der Waals surface area contributed by atoms with Gasteiger partial charge in [0, 0.05) is 24.4 Å². The third-order valence-electron chi connectivity index (χ3n) is 5.31. The van der Waals surface area contributed by atoms with E-state index in [-0.39, 0.29) is 10.6 Å². The lowest BCUT2D eigenvalue weighted by Gasteiger charge is -2.39. The number of piperidine rings is 1. The molecule has 1 saturated heterocycles. The first kappa shape index (κ1) is 14.3. The molecule has 5 heteroatoms. The van der Waals surface area contributed by atoms with Crippen LogP contribution in [0, 0.1) is 15.5 Å². The van der Waals surface area contributed by atoms with Crippen LogP contribution in [0.1, 0.15) is 44.1 Å². The van der Waals surface area contributed by atoms with Crippen LogP contribution in [0.4, 0.5) is 11.4 Å². The molecule has 2 fully saturated rings. The van der Waals surface area contributed by atoms with Crippen molar-refractivity contribution >= 4 is 11.4 Å². The second kappa shape index (κ2) is 5.64. The van der Waals surface area contributed by atoms with Gasteiger partial charge in [0.1, 0.15) is 0 Å². The Morgan fingerprint density at radius 3 is 2.48 bits per heavy atom. The normalized spacial score (nSPS) is 21.7. The third kappa shape index (κ3) is 3.02. The molecule has 114 valence electrons. The summed E-state index contributed by atoms with van der Waals surface area (Å²) in [6.07, 6.45) is 8.08. The molecule has 0 unspecified atom stereocenters. The number of nitrogen functional groups attached to an aromatic ring is 1. The summed E-state index contributed by atoms with van der Waals surface area (Å²) in [7, 11) is 0. The van der Waals surface area contributed by atoms with Crippen molar-refractivity contribution in [2.24, 2.45) is 5.41 Å². The highest BCUT2D eigenvalue weighted by atomic mass is 16.6. The predicted octanol–water partition coefficient (Wildman–Crippen LogP) is 3.33. The van der Waals surface area contributed by atoms with Crippen molar-refractivity contribution in [2.75, 3.05) is 18.8 Å². The Balaban J connectivity index is 1.65. The molecule has 21 heavy (non-hydrogen) atoms. The van der Waals surface area contributed by atoms with Crippen molar-refractivity contribution in [3.8, 4) is 0 Å². The lowest BCUT2D eigenvalue weighted by atomic mass is 9.77. The number of hydrogen-bond acceptors (Lipinski definition) is 4. The molecule has 0 aromatic heterocycles. The zero-order chi connectivity index (χ0) is 14.9. The third-order valence-corrected chi connectivity index (χ3v) is 5.31. The van der Waals surface area contributed by atoms with Gasteiger partial charge in [-0.25, -0.2) is 0 Å². The van der Waals surface area contributed by atoms with Gasteiger partial charge in [-0.15, -0.1) is 0 Å². The van der Waals surface area contributed by atoms with E-state index < -0.39 is 0 Å². The van der Waals surface area contributed by atoms with Crippen LogP contribution in [0.5, 0.6) is 0 Å². The van der Waals surface area contributed by atoms with Gasteiger partial charge in [0.2, 0.25) is 0 Å². The van der Waals surface area contributed by atoms with E-state index in [9.17, 15) is 10.1 Å². The first-order chi connectivity index (χ1) is 10.1. The van der Waals surface area contributed by atoms with Gasteiger partial charge in [-0.05, 0) is 55.8 Å². The van der Waals surface area contributed by atoms with Gasteiger partial charge < -0.3 is 5.73 Å². The summed E-state index contributed by atoms with van der Waals surface area (Å²) in [5.74, 6) is 0. The minimum Gasteiger partial charge on any atom is -0.398 e. The van der Waals surface area contributed by atoms with E-state index in [1.54, 1.807) is 12.1 Å². The van der Waals surface area contributed by atoms with E-state index in [0.717, 1.165) is 25.2 Å². The number of nitro groups is 1. The van der Waals surface area contributed by atoms with Crippen LogP contribution in [0.25, 0.3) is 0 Å². The molecule has 1 aromatic carbocycles. The van der Waals surface area contributed by atoms with E-state index in [4.69, 9.17) is 5.73 Å². The topological polar surface area (TPSA) is 72.4 Å². The Hall–Kier alpha value is -1.62. The van der Waals surface area contributed by atoms with E-state index in [1.165, 1.54) is 44.6 Å². The first-order valence-electron chi connectivity index (χ1n) is 7.83. The van der Waals surface area contributed by atoms with Gasteiger partial charge in [0.15, 0.2) is 0 Å². The standard InChI is InChI=1S/C16H23N3O2/c17-15-4-3-14(19(20)21)11-13(15)12-18-9-7-16(8-10-18)5-1-2-6-16/h3-4,11H,1-2,5-10,12,17H2. The molecule has 0 bridgehead atoms. The molecule has 1 saturated carbocycles. The van der Waals surface area contributed by atoms with Gasteiger partial charge in [0.25, 0.3) is 5.69 Å². The average Bonchev–Trinajstić information content (AvgIpc) is 2.92. The lowest BCUT2D eigenvalue weighted by molar-refractivity contribution is -0.384. The molecular weight excluding hydrogens is 266 g/mol. The second-order valence-corrected chi connectivity index (χ2v) is 6.62. The zero-order valence-corrected chi connectivity index (χ0v) is 12.4. The maximum absolute atomic E-state index is 10.9. The maximum atomic E-state index is 10.9. The SMILES string of the molecule is Nc1ccc([N+](=O)[O-])cc1CN1CCC2(CCCC2)CC1. The number of nitro benzene ring substituents is 1. The highest BCUT2D eigenvalue weighted by molar-refractivity contribution is 5.52. The summed E-state index contributed by atoms with van der Waals surface area (Å²) in [6.45, 7) is 2.90. The molecule has 1 heterocycles. The van der Waals surface area contributed by atoms with Crippen LogP contribution < -0.4 is 5.73 Å². The fraction of sp³-hybridized carbons (Fsp3) is 0.625. The van der Waals surface area contributed by atoms with Crippen LogP contribution in [-0.4, -0.2) is 22.9 Å². The molecule has 2 N–H and O–H groups in total. The lowest BCUT2D eigenvalue weighted by Crippen LogP contribution is -2.38. The molecule has 2 aliphatic rings. The van der Waals surface area contributed by atoms with Crippen molar-refractivity contribution in [1.82, 2.24) is 4.90 Å². The summed E-state index contributed by atoms with van der Waals surface area (Å²) in [4.78, 5) is 12.9. The fourth-order valence-corrected chi connectivity index (χ4v) is 3.89. The molecule has 0 atom stereocenters. The smallest absolute Gasteiger partial charge is 0.269 e. The summed E-state index contributed by atoms with van der Waals surface area (Å²) in [5.41, 5.74) is 8.24. The van der Waals surface area contributed by atoms with Crippen LogP contribution in [0.2, 0.25) is 0 Å². The largest absolute Gasteiger partial charge is 0.398 e. The highest BCUT2D eigenvalue weighted by Gasteiger charge is 2.36. The minimum absolute atomic E-state index is 0.128. The molecule has 0 radical (unpaired) electrons. The van der Waals surface area contributed by atoms with Gasteiger partial charge in [-0.3, -0.25) is 15.0 Å². The van der Waals surface area contributed by atoms with E-state index in [1.807, 2.05) is 0 Å². The van der Waals surface area contributed by atoms with Crippen molar-refractivity contribution in [3.05, 3.63) is 33.9 Å². The second-order valence-electron chi connectivity index (χ2n) is 6.62. The Bertz CT molecular complexity index is 528. The van der Waals surface area contributed by atoms with Gasteiger partial charge in [-0.1, -0.05) is 12.8 Å². The Morgan fingerprint density at radius 2 is 1.86 bits per heavy atom. The predicted molar refractivity (Wildman–Crippen MR) is 82.9 cm³/mol. The molecule has 1 aromatic rings. The number of likely N-dealkylation sites (tertiary alicyclic amines) is 1. The molecule has 1 aliphatic carbocycles. The molecule has 5 nitrogen and oxygen atoms in total. The number of benzene rings is 1. The summed E-state index contributed by atoms with van der Waals surface area (Å²) < 4.78 is 0. The Kier molecular flexibility index (Phi) is 3.85. The van der Waals surface area contributed by atoms with Crippen molar-refractivity contribution < 1.29 is 4.92 Å². The van der Waals surface area contributed by atoms with Crippen molar-refractivity contribution in [3.63, 3.8) is 0 Å². The molecule has 0 amide bonds. The van der Waals surface area contributed by atoms with E-state index >= 15 is 0 Å². The number of anilines is 1. The number of non-ortho nitro benzene ring substituents is 1. The first-order valence-corrected chi connectivity index (χ1v) is 7.83. The quantitative estimate of drug-likeness (QED) is 0.526. The highest BCUT2D eigenvalue weighted by Crippen LogP contribution is 2.46. The van der Waals surface area contributed by atoms with Gasteiger partial charge in [0.05, 0.1) is 4.92 Å². The number of hydrogen-bond donors (Lipinski definition) is 1. The number of nitrogens with two attached hydrogens (primary N) is 1. The summed E-state index contributed by atoms with van der Waals surface area (Å²) >= 11 is 0. The number of nitrogens with zero attached hydrogens (tertiary/aromatic N) is 2. The summed E-state index contributed by atoms with van der Waals surface area (Å²) in [6, 6.07) is 4.74. The van der Waals surface area contributed by atoms with Crippen molar-refractivity contribution in [1.29, 1.82) is 0 Å². The zero-order valence-electron chi connectivity index (χ0n) is 12.4.